The lowest BCUT2D eigenvalue weighted by Gasteiger charge is -2.34. The minimum Gasteiger partial charge on any atom is -0.467 e. The lowest BCUT2D eigenvalue weighted by molar-refractivity contribution is -0.146. The number of hydrogen-bond donors (Lipinski definition) is 2. The molecule has 0 aliphatic carbocycles. The van der Waals surface area contributed by atoms with Crippen molar-refractivity contribution >= 4 is 57.0 Å². The first-order chi connectivity index (χ1) is 21.4. The predicted octanol–water partition coefficient (Wildman–Crippen LogP) is 1.78. The number of nitrogens with one attached hydrogen (secondary N) is 2. The molecule has 45 heavy (non-hydrogen) atoms. The van der Waals surface area contributed by atoms with E-state index >= 15 is 0 Å². The molecule has 3 heterocycles. The maximum atomic E-state index is 13.4. The normalized spacial score (nSPS) is 20.9. The molecule has 0 bridgehead atoms. The van der Waals surface area contributed by atoms with E-state index in [-0.39, 0.29) is 58.6 Å². The van der Waals surface area contributed by atoms with Gasteiger partial charge >= 0.3 is 12.0 Å². The number of halogens is 2. The van der Waals surface area contributed by atoms with E-state index in [4.69, 9.17) is 27.9 Å². The van der Waals surface area contributed by atoms with Gasteiger partial charge < -0.3 is 30.1 Å². The lowest BCUT2D eigenvalue weighted by Crippen LogP contribution is -2.52. The first kappa shape index (κ1) is 35.2. The summed E-state index contributed by atoms with van der Waals surface area (Å²) in [5.74, 6) is -1.26. The quantitative estimate of drug-likeness (QED) is 0.354. The second-order valence-electron chi connectivity index (χ2n) is 11.8. The molecule has 2 atom stereocenters. The van der Waals surface area contributed by atoms with Gasteiger partial charge in [0.25, 0.3) is 0 Å². The maximum Gasteiger partial charge on any atom is 0.328 e. The number of nitrogens with zero attached hydrogens (tertiary/aromatic N) is 4. The number of ether oxygens (including phenoxy) is 1. The van der Waals surface area contributed by atoms with Crippen molar-refractivity contribution in [2.75, 3.05) is 66.5 Å². The van der Waals surface area contributed by atoms with E-state index in [1.54, 1.807) is 4.90 Å². The van der Waals surface area contributed by atoms with Crippen LogP contribution in [0.2, 0.25) is 10.0 Å². The van der Waals surface area contributed by atoms with Crippen molar-refractivity contribution in [2.45, 2.75) is 55.5 Å². The fourth-order valence-corrected chi connectivity index (χ4v) is 8.31. The summed E-state index contributed by atoms with van der Waals surface area (Å²) in [4.78, 5) is 57.0. The minimum absolute atomic E-state index is 0.00144. The Morgan fingerprint density at radius 1 is 0.933 bits per heavy atom. The number of carbonyl (C=O) groups is 4. The highest BCUT2D eigenvalue weighted by atomic mass is 35.5. The smallest absolute Gasteiger partial charge is 0.328 e. The van der Waals surface area contributed by atoms with Crippen LogP contribution in [0.3, 0.4) is 0 Å². The van der Waals surface area contributed by atoms with Gasteiger partial charge in [-0.15, -0.1) is 0 Å². The Kier molecular flexibility index (Phi) is 12.3. The molecule has 4 amide bonds. The standard InChI is InChI=1S/C29H42Cl2N6O7S/c1-34-12-14-36(15-13-34)29(41)32-19-20-7-10-35(11-8-20)26(38)6-5-24(28(40)44-2)33-27(39)25-4-3-9-37(25)45(42,43)23-17-21(30)16-22(31)18-23/h16-18,20,24-25H,3-15,19H2,1-2H3,(H,32,41)(H,33,39)/t24-,25-/m0/s1. The zero-order valence-corrected chi connectivity index (χ0v) is 28.0. The average Bonchev–Trinajstić information content (AvgIpc) is 3.53. The molecule has 16 heteroatoms. The lowest BCUT2D eigenvalue weighted by atomic mass is 9.96. The second-order valence-corrected chi connectivity index (χ2v) is 14.6. The number of likely N-dealkylation sites (tertiary alicyclic amines) is 1. The molecule has 0 aromatic heterocycles. The molecule has 0 saturated carbocycles. The molecule has 3 aliphatic heterocycles. The molecule has 13 nitrogen and oxygen atoms in total. The van der Waals surface area contributed by atoms with Crippen molar-refractivity contribution in [1.82, 2.24) is 29.6 Å². The number of piperidine rings is 1. The summed E-state index contributed by atoms with van der Waals surface area (Å²) in [6.45, 7) is 4.86. The van der Waals surface area contributed by atoms with Gasteiger partial charge in [-0.3, -0.25) is 9.59 Å². The molecule has 4 rings (SSSR count). The zero-order valence-electron chi connectivity index (χ0n) is 25.7. The molecule has 1 aromatic rings. The van der Waals surface area contributed by atoms with E-state index in [9.17, 15) is 27.6 Å². The summed E-state index contributed by atoms with van der Waals surface area (Å²) in [5, 5.41) is 5.94. The van der Waals surface area contributed by atoms with Gasteiger partial charge in [0, 0.05) is 68.8 Å². The number of hydrogen-bond acceptors (Lipinski definition) is 8. The highest BCUT2D eigenvalue weighted by Gasteiger charge is 2.41. The fourth-order valence-electron chi connectivity index (χ4n) is 5.93. The van der Waals surface area contributed by atoms with E-state index in [1.165, 1.54) is 25.3 Å². The average molecular weight is 690 g/mol. The van der Waals surface area contributed by atoms with E-state index in [1.807, 2.05) is 11.9 Å². The van der Waals surface area contributed by atoms with Crippen LogP contribution in [0.25, 0.3) is 0 Å². The van der Waals surface area contributed by atoms with Gasteiger partial charge in [-0.2, -0.15) is 4.31 Å². The number of benzene rings is 1. The Balaban J connectivity index is 1.26. The summed E-state index contributed by atoms with van der Waals surface area (Å²) < 4.78 is 32.7. The third-order valence-electron chi connectivity index (χ3n) is 8.70. The fraction of sp³-hybridized carbons (Fsp3) is 0.655. The van der Waals surface area contributed by atoms with Crippen molar-refractivity contribution in [3.63, 3.8) is 0 Å². The highest BCUT2D eigenvalue weighted by molar-refractivity contribution is 7.89. The number of amides is 4. The number of sulfonamides is 1. The van der Waals surface area contributed by atoms with Crippen LogP contribution in [-0.4, -0.2) is 130 Å². The molecule has 3 saturated heterocycles. The van der Waals surface area contributed by atoms with E-state index in [0.717, 1.165) is 30.2 Å². The summed E-state index contributed by atoms with van der Waals surface area (Å²) in [7, 11) is -0.878. The van der Waals surface area contributed by atoms with Gasteiger partial charge in [0.05, 0.1) is 12.0 Å². The molecule has 0 unspecified atom stereocenters. The Hall–Kier alpha value is -2.65. The van der Waals surface area contributed by atoms with E-state index < -0.39 is 34.0 Å². The third-order valence-corrected chi connectivity index (χ3v) is 11.0. The Labute approximate surface area is 274 Å². The van der Waals surface area contributed by atoms with Crippen molar-refractivity contribution in [3.05, 3.63) is 28.2 Å². The maximum absolute atomic E-state index is 13.4. The van der Waals surface area contributed by atoms with Crippen molar-refractivity contribution < 1.29 is 32.3 Å². The Morgan fingerprint density at radius 2 is 1.58 bits per heavy atom. The predicted molar refractivity (Wildman–Crippen MR) is 168 cm³/mol. The van der Waals surface area contributed by atoms with Gasteiger partial charge in [0.1, 0.15) is 12.1 Å². The van der Waals surface area contributed by atoms with Gasteiger partial charge in [-0.1, -0.05) is 23.2 Å². The number of piperazine rings is 1. The van der Waals surface area contributed by atoms with Gasteiger partial charge in [-0.05, 0) is 63.3 Å². The van der Waals surface area contributed by atoms with Gasteiger partial charge in [0.15, 0.2) is 0 Å². The van der Waals surface area contributed by atoms with Crippen LogP contribution in [0.15, 0.2) is 23.1 Å². The number of urea groups is 1. The zero-order chi connectivity index (χ0) is 32.7. The summed E-state index contributed by atoms with van der Waals surface area (Å²) in [5.41, 5.74) is 0. The van der Waals surface area contributed by atoms with Gasteiger partial charge in [-0.25, -0.2) is 18.0 Å². The molecule has 0 radical (unpaired) electrons. The third kappa shape index (κ3) is 9.22. The Morgan fingerprint density at radius 3 is 2.20 bits per heavy atom. The number of carbonyl (C=O) groups excluding carboxylic acids is 4. The SMILES string of the molecule is COC(=O)[C@H](CCC(=O)N1CCC(CNC(=O)N2CCN(C)CC2)CC1)NC(=O)[C@@H]1CCCN1S(=O)(=O)c1cc(Cl)cc(Cl)c1. The molecule has 250 valence electrons. The van der Waals surface area contributed by atoms with Crippen molar-refractivity contribution in [1.29, 1.82) is 0 Å². The van der Waals surface area contributed by atoms with Crippen LogP contribution in [0.5, 0.6) is 0 Å². The van der Waals surface area contributed by atoms with Crippen molar-refractivity contribution in [2.24, 2.45) is 5.92 Å². The topological polar surface area (TPSA) is 149 Å². The van der Waals surface area contributed by atoms with Crippen LogP contribution < -0.4 is 10.6 Å². The summed E-state index contributed by atoms with van der Waals surface area (Å²) in [6.07, 6.45) is 2.20. The number of likely N-dealkylation sites (N-methyl/N-ethyl adjacent to an activating group) is 1. The largest absolute Gasteiger partial charge is 0.467 e. The van der Waals surface area contributed by atoms with Crippen LogP contribution in [0.4, 0.5) is 4.79 Å². The summed E-state index contributed by atoms with van der Waals surface area (Å²) >= 11 is 12.0. The molecule has 3 aliphatic rings. The van der Waals surface area contributed by atoms with Crippen LogP contribution >= 0.6 is 23.2 Å². The Bertz CT molecular complexity index is 1330. The molecule has 0 spiro atoms. The monoisotopic (exact) mass is 688 g/mol. The van der Waals surface area contributed by atoms with Gasteiger partial charge in [0.2, 0.25) is 21.8 Å². The molecule has 1 aromatic carbocycles. The number of methoxy groups -OCH3 is 1. The number of esters is 1. The molecular weight excluding hydrogens is 647 g/mol. The first-order valence-corrected chi connectivity index (χ1v) is 17.4. The van der Waals surface area contributed by atoms with Crippen LogP contribution in [0, 0.1) is 5.92 Å². The van der Waals surface area contributed by atoms with E-state index in [2.05, 4.69) is 15.5 Å². The first-order valence-electron chi connectivity index (χ1n) is 15.2. The molecule has 2 N–H and O–H groups in total. The van der Waals surface area contributed by atoms with E-state index in [0.29, 0.717) is 39.1 Å². The van der Waals surface area contributed by atoms with Crippen molar-refractivity contribution in [3.8, 4) is 0 Å². The number of rotatable bonds is 10. The van der Waals surface area contributed by atoms with Crippen LogP contribution in [0.1, 0.15) is 38.5 Å². The minimum atomic E-state index is -4.10. The molecule has 3 fully saturated rings. The highest BCUT2D eigenvalue weighted by Crippen LogP contribution is 2.30. The summed E-state index contributed by atoms with van der Waals surface area (Å²) in [6, 6.07) is 1.73. The molecular formula is C29H42Cl2N6O7S. The van der Waals surface area contributed by atoms with Crippen LogP contribution in [-0.2, 0) is 29.1 Å². The second kappa shape index (κ2) is 15.8.